The van der Waals surface area contributed by atoms with E-state index in [-0.39, 0.29) is 24.1 Å². The van der Waals surface area contributed by atoms with E-state index in [0.717, 1.165) is 6.42 Å². The van der Waals surface area contributed by atoms with Gasteiger partial charge in [0.2, 0.25) is 5.91 Å². The van der Waals surface area contributed by atoms with Crippen LogP contribution >= 0.6 is 0 Å². The molecule has 1 amide bonds. The topological polar surface area (TPSA) is 55.6 Å². The maximum atomic E-state index is 11.5. The van der Waals surface area contributed by atoms with E-state index in [2.05, 4.69) is 6.58 Å². The number of likely N-dealkylation sites (tertiary alicyclic amines) is 1. The summed E-state index contributed by atoms with van der Waals surface area (Å²) in [6.07, 6.45) is 2.15. The van der Waals surface area contributed by atoms with Gasteiger partial charge in [-0.15, -0.1) is 0 Å². The van der Waals surface area contributed by atoms with Crippen molar-refractivity contribution in [2.75, 3.05) is 13.7 Å². The first-order valence-corrected chi connectivity index (χ1v) is 4.81. The molecule has 2 N–H and O–H groups in total. The fourth-order valence-electron chi connectivity index (χ4n) is 1.87. The second kappa shape index (κ2) is 4.57. The first-order chi connectivity index (χ1) is 6.60. The molecular formula is C10H18N2O2. The fourth-order valence-corrected chi connectivity index (χ4v) is 1.87. The first kappa shape index (κ1) is 11.2. The Labute approximate surface area is 84.7 Å². The highest BCUT2D eigenvalue weighted by atomic mass is 16.5. The molecule has 0 aromatic rings. The van der Waals surface area contributed by atoms with Crippen LogP contribution in [0.25, 0.3) is 0 Å². The van der Waals surface area contributed by atoms with Crippen molar-refractivity contribution in [2.24, 2.45) is 5.73 Å². The van der Waals surface area contributed by atoms with Crippen LogP contribution < -0.4 is 5.73 Å². The summed E-state index contributed by atoms with van der Waals surface area (Å²) in [5.74, 6) is -0.0631. The zero-order valence-corrected chi connectivity index (χ0v) is 8.77. The van der Waals surface area contributed by atoms with E-state index in [4.69, 9.17) is 10.5 Å². The molecular weight excluding hydrogens is 180 g/mol. The molecule has 0 bridgehead atoms. The predicted molar refractivity (Wildman–Crippen MR) is 54.8 cm³/mol. The average Bonchev–Trinajstić information content (AvgIpc) is 2.58. The third kappa shape index (κ3) is 2.13. The Morgan fingerprint density at radius 3 is 2.93 bits per heavy atom. The van der Waals surface area contributed by atoms with Crippen LogP contribution in [-0.2, 0) is 9.53 Å². The number of methoxy groups -OCH3 is 1. The maximum Gasteiger partial charge on any atom is 0.246 e. The lowest BCUT2D eigenvalue weighted by Gasteiger charge is -2.27. The number of ether oxygens (including phenoxy) is 1. The molecule has 1 aliphatic rings. The van der Waals surface area contributed by atoms with Crippen molar-refractivity contribution < 1.29 is 9.53 Å². The molecule has 0 aromatic carbocycles. The number of carbonyl (C=O) groups is 1. The van der Waals surface area contributed by atoms with Gasteiger partial charge in [0.05, 0.1) is 12.1 Å². The maximum absolute atomic E-state index is 11.5. The van der Waals surface area contributed by atoms with Crippen molar-refractivity contribution in [3.8, 4) is 0 Å². The van der Waals surface area contributed by atoms with Crippen LogP contribution in [0.2, 0.25) is 0 Å². The normalized spacial score (nSPS) is 28.9. The van der Waals surface area contributed by atoms with Crippen LogP contribution in [0.15, 0.2) is 12.7 Å². The molecule has 0 spiro atoms. The van der Waals surface area contributed by atoms with Gasteiger partial charge in [-0.05, 0) is 19.4 Å². The Kier molecular flexibility index (Phi) is 3.66. The van der Waals surface area contributed by atoms with Gasteiger partial charge >= 0.3 is 0 Å². The van der Waals surface area contributed by atoms with Crippen LogP contribution in [0.1, 0.15) is 13.3 Å². The Bertz CT molecular complexity index is 230. The summed E-state index contributed by atoms with van der Waals surface area (Å²) in [6.45, 7) is 6.03. The van der Waals surface area contributed by atoms with E-state index >= 15 is 0 Å². The van der Waals surface area contributed by atoms with E-state index in [1.54, 1.807) is 12.0 Å². The van der Waals surface area contributed by atoms with E-state index in [1.807, 2.05) is 6.92 Å². The molecule has 0 aromatic heterocycles. The van der Waals surface area contributed by atoms with Gasteiger partial charge in [0.25, 0.3) is 0 Å². The Morgan fingerprint density at radius 1 is 1.79 bits per heavy atom. The zero-order valence-electron chi connectivity index (χ0n) is 8.77. The highest BCUT2D eigenvalue weighted by Gasteiger charge is 2.35. The number of hydrogen-bond acceptors (Lipinski definition) is 3. The monoisotopic (exact) mass is 198 g/mol. The highest BCUT2D eigenvalue weighted by Crippen LogP contribution is 2.21. The summed E-state index contributed by atoms with van der Waals surface area (Å²) in [5, 5.41) is 0. The summed E-state index contributed by atoms with van der Waals surface area (Å²) in [5.41, 5.74) is 5.82. The lowest BCUT2D eigenvalue weighted by Crippen LogP contribution is -2.41. The summed E-state index contributed by atoms with van der Waals surface area (Å²) < 4.78 is 5.22. The van der Waals surface area contributed by atoms with E-state index in [9.17, 15) is 4.79 Å². The number of nitrogens with zero attached hydrogens (tertiary/aromatic N) is 1. The minimum atomic E-state index is -0.0631. The smallest absolute Gasteiger partial charge is 0.246 e. The third-order valence-electron chi connectivity index (χ3n) is 2.75. The standard InChI is InChI=1S/C10H18N2O2/c1-4-10(13)12-6-8(11)5-9(12)7(2)14-3/h4,7-9H,1,5-6,11H2,2-3H3/t7-,8-,9+/m0/s1. The molecule has 4 nitrogen and oxygen atoms in total. The molecule has 0 unspecified atom stereocenters. The molecule has 0 saturated carbocycles. The second-order valence-electron chi connectivity index (χ2n) is 3.70. The minimum absolute atomic E-state index is 0.0208. The number of rotatable bonds is 3. The molecule has 1 heterocycles. The first-order valence-electron chi connectivity index (χ1n) is 4.81. The molecule has 1 aliphatic heterocycles. The molecule has 14 heavy (non-hydrogen) atoms. The number of carbonyl (C=O) groups excluding carboxylic acids is 1. The Hall–Kier alpha value is -0.870. The van der Waals surface area contributed by atoms with Crippen LogP contribution in [0, 0.1) is 0 Å². The van der Waals surface area contributed by atoms with Gasteiger partial charge in [-0.1, -0.05) is 6.58 Å². The summed E-state index contributed by atoms with van der Waals surface area (Å²) in [4.78, 5) is 13.2. The molecule has 0 radical (unpaired) electrons. The van der Waals surface area contributed by atoms with Crippen molar-refractivity contribution in [1.82, 2.24) is 4.90 Å². The van der Waals surface area contributed by atoms with E-state index in [1.165, 1.54) is 6.08 Å². The van der Waals surface area contributed by atoms with Crippen molar-refractivity contribution in [3.05, 3.63) is 12.7 Å². The van der Waals surface area contributed by atoms with E-state index < -0.39 is 0 Å². The second-order valence-corrected chi connectivity index (χ2v) is 3.70. The number of amides is 1. The molecule has 1 rings (SSSR count). The number of nitrogens with two attached hydrogens (primary N) is 1. The Morgan fingerprint density at radius 2 is 2.43 bits per heavy atom. The van der Waals surface area contributed by atoms with Gasteiger partial charge in [-0.3, -0.25) is 4.79 Å². The molecule has 1 fully saturated rings. The highest BCUT2D eigenvalue weighted by molar-refractivity contribution is 5.87. The molecule has 1 saturated heterocycles. The average molecular weight is 198 g/mol. The quantitative estimate of drug-likeness (QED) is 0.656. The molecule has 4 heteroatoms. The van der Waals surface area contributed by atoms with Gasteiger partial charge < -0.3 is 15.4 Å². The van der Waals surface area contributed by atoms with Crippen LogP contribution in [0.5, 0.6) is 0 Å². The van der Waals surface area contributed by atoms with E-state index in [0.29, 0.717) is 6.54 Å². The number of hydrogen-bond donors (Lipinski definition) is 1. The lowest BCUT2D eigenvalue weighted by molar-refractivity contribution is -0.129. The lowest BCUT2D eigenvalue weighted by atomic mass is 10.1. The predicted octanol–water partition coefficient (Wildman–Crippen LogP) is 0.135. The van der Waals surface area contributed by atoms with Crippen molar-refractivity contribution in [2.45, 2.75) is 31.5 Å². The SMILES string of the molecule is C=CC(=O)N1C[C@@H](N)C[C@@H]1[C@H](C)OC. The molecule has 80 valence electrons. The minimum Gasteiger partial charge on any atom is -0.380 e. The van der Waals surface area contributed by atoms with Crippen LogP contribution in [0.3, 0.4) is 0 Å². The summed E-state index contributed by atoms with van der Waals surface area (Å²) in [7, 11) is 1.64. The Balaban J connectivity index is 2.71. The van der Waals surface area contributed by atoms with Gasteiger partial charge in [-0.25, -0.2) is 0 Å². The molecule has 3 atom stereocenters. The largest absolute Gasteiger partial charge is 0.380 e. The van der Waals surface area contributed by atoms with Gasteiger partial charge in [-0.2, -0.15) is 0 Å². The van der Waals surface area contributed by atoms with Crippen molar-refractivity contribution in [1.29, 1.82) is 0 Å². The van der Waals surface area contributed by atoms with Crippen LogP contribution in [-0.4, -0.2) is 42.6 Å². The summed E-state index contributed by atoms with van der Waals surface area (Å²) in [6, 6.07) is 0.141. The van der Waals surface area contributed by atoms with Crippen molar-refractivity contribution in [3.63, 3.8) is 0 Å². The van der Waals surface area contributed by atoms with Gasteiger partial charge in [0.1, 0.15) is 0 Å². The van der Waals surface area contributed by atoms with Crippen LogP contribution in [0.4, 0.5) is 0 Å². The molecule has 0 aliphatic carbocycles. The van der Waals surface area contributed by atoms with Crippen molar-refractivity contribution >= 4 is 5.91 Å². The van der Waals surface area contributed by atoms with Gasteiger partial charge in [0, 0.05) is 19.7 Å². The fraction of sp³-hybridized carbons (Fsp3) is 0.700. The zero-order chi connectivity index (χ0) is 10.7. The summed E-state index contributed by atoms with van der Waals surface area (Å²) >= 11 is 0. The third-order valence-corrected chi connectivity index (χ3v) is 2.75. The van der Waals surface area contributed by atoms with Gasteiger partial charge in [0.15, 0.2) is 0 Å².